The summed E-state index contributed by atoms with van der Waals surface area (Å²) in [6, 6.07) is 7.36. The molecule has 0 saturated heterocycles. The molecular formula is C7H7AgN5. The van der Waals surface area contributed by atoms with E-state index in [0.29, 0.717) is 11.5 Å². The van der Waals surface area contributed by atoms with Gasteiger partial charge in [-0.15, -0.1) is 5.10 Å². The molecule has 1 aromatic heterocycles. The number of aromatic amines is 1. The predicted octanol–water partition coefficient (Wildman–Crippen LogP) is 0.446. The number of nitrogens with two attached hydrogens (primary N) is 1. The number of nitrogens with one attached hydrogen (secondary N) is 1. The maximum absolute atomic E-state index is 5.58. The first-order valence-electron chi connectivity index (χ1n) is 3.46. The molecule has 3 N–H and O–H groups in total. The summed E-state index contributed by atoms with van der Waals surface area (Å²) in [5, 5.41) is 13.3. The maximum Gasteiger partial charge on any atom is 0.179 e. The van der Waals surface area contributed by atoms with E-state index < -0.39 is 0 Å². The van der Waals surface area contributed by atoms with Crippen molar-refractivity contribution in [3.05, 3.63) is 24.3 Å². The smallest absolute Gasteiger partial charge is 0.179 e. The molecule has 0 unspecified atom stereocenters. The molecule has 13 heavy (non-hydrogen) atoms. The zero-order valence-corrected chi connectivity index (χ0v) is 8.01. The van der Waals surface area contributed by atoms with Crippen LogP contribution >= 0.6 is 0 Å². The molecule has 1 heterocycles. The summed E-state index contributed by atoms with van der Waals surface area (Å²) in [4.78, 5) is 0. The minimum absolute atomic E-state index is 0. The Morgan fingerprint density at radius 3 is 2.77 bits per heavy atom. The number of nitrogens with zero attached hydrogens (tertiary/aromatic N) is 3. The summed E-state index contributed by atoms with van der Waals surface area (Å²) >= 11 is 0. The fourth-order valence-electron chi connectivity index (χ4n) is 0.967. The van der Waals surface area contributed by atoms with Gasteiger partial charge in [0, 0.05) is 33.6 Å². The van der Waals surface area contributed by atoms with Gasteiger partial charge in [0.1, 0.15) is 0 Å². The standard InChI is InChI=1S/C7H7N5.Ag/c8-6-3-1-2-5(4-6)7-9-11-12-10-7;/h1-4H,8H2,(H,9,10,11,12);. The summed E-state index contributed by atoms with van der Waals surface area (Å²) in [6.45, 7) is 0. The van der Waals surface area contributed by atoms with Crippen LogP contribution < -0.4 is 5.73 Å². The first-order valence-corrected chi connectivity index (χ1v) is 3.46. The molecule has 0 aliphatic carbocycles. The molecule has 0 aliphatic rings. The quantitative estimate of drug-likeness (QED) is 0.581. The predicted molar refractivity (Wildman–Crippen MR) is 44.0 cm³/mol. The third-order valence-electron chi connectivity index (χ3n) is 1.51. The normalized spacial score (nSPS) is 9.23. The molecule has 0 aliphatic heterocycles. The van der Waals surface area contributed by atoms with Crippen LogP contribution in [0.3, 0.4) is 0 Å². The SMILES string of the molecule is Nc1cccc(-c2nnn[nH]2)c1.[Ag]. The Morgan fingerprint density at radius 1 is 1.31 bits per heavy atom. The molecule has 2 aromatic rings. The molecule has 6 heteroatoms. The molecule has 0 amide bonds. The number of tetrazole rings is 1. The van der Waals surface area contributed by atoms with Crippen LogP contribution in [0.5, 0.6) is 0 Å². The molecule has 2 rings (SSSR count). The molecule has 0 spiro atoms. The molecule has 1 radical (unpaired) electrons. The van der Waals surface area contributed by atoms with Gasteiger partial charge in [-0.05, 0) is 22.6 Å². The Labute approximate surface area is 90.2 Å². The van der Waals surface area contributed by atoms with E-state index in [4.69, 9.17) is 5.73 Å². The summed E-state index contributed by atoms with van der Waals surface area (Å²) in [5.41, 5.74) is 7.17. The van der Waals surface area contributed by atoms with Crippen molar-refractivity contribution in [2.75, 3.05) is 5.73 Å². The van der Waals surface area contributed by atoms with Crippen molar-refractivity contribution < 1.29 is 22.4 Å². The van der Waals surface area contributed by atoms with Gasteiger partial charge in [-0.1, -0.05) is 12.1 Å². The number of benzene rings is 1. The van der Waals surface area contributed by atoms with E-state index in [2.05, 4.69) is 20.6 Å². The van der Waals surface area contributed by atoms with Crippen LogP contribution in [0.4, 0.5) is 5.69 Å². The van der Waals surface area contributed by atoms with Crippen LogP contribution in [-0.2, 0) is 22.4 Å². The number of hydrogen-bond acceptors (Lipinski definition) is 4. The maximum atomic E-state index is 5.58. The van der Waals surface area contributed by atoms with Crippen molar-refractivity contribution in [1.29, 1.82) is 0 Å². The number of hydrogen-bond donors (Lipinski definition) is 2. The third-order valence-corrected chi connectivity index (χ3v) is 1.51. The van der Waals surface area contributed by atoms with Gasteiger partial charge in [-0.2, -0.15) is 0 Å². The van der Waals surface area contributed by atoms with Crippen molar-refractivity contribution in [2.24, 2.45) is 0 Å². The topological polar surface area (TPSA) is 80.5 Å². The molecule has 71 valence electrons. The van der Waals surface area contributed by atoms with Gasteiger partial charge in [-0.25, -0.2) is 5.10 Å². The largest absolute Gasteiger partial charge is 0.399 e. The fourth-order valence-corrected chi connectivity index (χ4v) is 0.967. The van der Waals surface area contributed by atoms with Crippen molar-refractivity contribution in [1.82, 2.24) is 20.6 Å². The Balaban J connectivity index is 0.000000845. The van der Waals surface area contributed by atoms with Gasteiger partial charge >= 0.3 is 0 Å². The number of H-pyrrole nitrogens is 1. The van der Waals surface area contributed by atoms with Crippen molar-refractivity contribution in [3.63, 3.8) is 0 Å². The number of anilines is 1. The molecule has 0 saturated carbocycles. The second-order valence-corrected chi connectivity index (χ2v) is 2.38. The second kappa shape index (κ2) is 4.18. The van der Waals surface area contributed by atoms with Crippen LogP contribution in [0.15, 0.2) is 24.3 Å². The average molecular weight is 269 g/mol. The van der Waals surface area contributed by atoms with E-state index in [1.807, 2.05) is 24.3 Å². The third kappa shape index (κ3) is 2.15. The Kier molecular flexibility index (Phi) is 3.19. The fraction of sp³-hybridized carbons (Fsp3) is 0. The zero-order chi connectivity index (χ0) is 8.39. The minimum atomic E-state index is 0. The Bertz CT molecular complexity index is 372. The van der Waals surface area contributed by atoms with Crippen LogP contribution in [0.1, 0.15) is 0 Å². The van der Waals surface area contributed by atoms with E-state index in [0.717, 1.165) is 5.56 Å². The number of nitrogen functional groups attached to an aromatic ring is 1. The van der Waals surface area contributed by atoms with Gasteiger partial charge in [0.25, 0.3) is 0 Å². The van der Waals surface area contributed by atoms with Crippen LogP contribution in [0, 0.1) is 0 Å². The first kappa shape index (κ1) is 9.91. The summed E-state index contributed by atoms with van der Waals surface area (Å²) < 4.78 is 0. The minimum Gasteiger partial charge on any atom is -0.399 e. The monoisotopic (exact) mass is 268 g/mol. The van der Waals surface area contributed by atoms with Gasteiger partial charge in [0.2, 0.25) is 0 Å². The average Bonchev–Trinajstić information content (AvgIpc) is 2.56. The van der Waals surface area contributed by atoms with Gasteiger partial charge in [0.05, 0.1) is 0 Å². The summed E-state index contributed by atoms with van der Waals surface area (Å²) in [5.74, 6) is 0.627. The number of rotatable bonds is 1. The Hall–Kier alpha value is -1.17. The van der Waals surface area contributed by atoms with Crippen molar-refractivity contribution in [2.45, 2.75) is 0 Å². The zero-order valence-electron chi connectivity index (χ0n) is 6.53. The van der Waals surface area contributed by atoms with E-state index in [1.165, 1.54) is 0 Å². The van der Waals surface area contributed by atoms with E-state index in [9.17, 15) is 0 Å². The van der Waals surface area contributed by atoms with Crippen LogP contribution in [-0.4, -0.2) is 20.6 Å². The second-order valence-electron chi connectivity index (χ2n) is 2.38. The molecule has 0 atom stereocenters. The summed E-state index contributed by atoms with van der Waals surface area (Å²) in [6.07, 6.45) is 0. The molecule has 0 bridgehead atoms. The molecule has 1 aromatic carbocycles. The molecule has 5 nitrogen and oxygen atoms in total. The molecular weight excluding hydrogens is 262 g/mol. The van der Waals surface area contributed by atoms with Crippen LogP contribution in [0.2, 0.25) is 0 Å². The first-order chi connectivity index (χ1) is 5.86. The molecule has 0 fully saturated rings. The summed E-state index contributed by atoms with van der Waals surface area (Å²) in [7, 11) is 0. The van der Waals surface area contributed by atoms with Crippen LogP contribution in [0.25, 0.3) is 11.4 Å². The van der Waals surface area contributed by atoms with Crippen molar-refractivity contribution in [3.8, 4) is 11.4 Å². The van der Waals surface area contributed by atoms with Gasteiger partial charge < -0.3 is 5.73 Å². The van der Waals surface area contributed by atoms with E-state index in [1.54, 1.807) is 0 Å². The number of aromatic nitrogens is 4. The van der Waals surface area contributed by atoms with Gasteiger partial charge in [-0.3, -0.25) is 0 Å². The van der Waals surface area contributed by atoms with Gasteiger partial charge in [0.15, 0.2) is 5.82 Å². The van der Waals surface area contributed by atoms with E-state index in [-0.39, 0.29) is 22.4 Å². The Morgan fingerprint density at radius 2 is 2.15 bits per heavy atom. The van der Waals surface area contributed by atoms with E-state index >= 15 is 0 Å². The van der Waals surface area contributed by atoms with Crippen molar-refractivity contribution >= 4 is 5.69 Å².